The van der Waals surface area contributed by atoms with Gasteiger partial charge in [0.05, 0.1) is 0 Å². The predicted molar refractivity (Wildman–Crippen MR) is 36.0 cm³/mol. The maximum Gasteiger partial charge on any atom is 0.326 e. The standard InChI is InChI=1S/C6H8N2O2/c7-4-1-2-8-5(3-4)6(9)10/h1-2,5,7-8H,3H2,(H,9,10). The van der Waals surface area contributed by atoms with Crippen molar-refractivity contribution in [1.82, 2.24) is 5.32 Å². The highest BCUT2D eigenvalue weighted by atomic mass is 16.4. The molecule has 1 aliphatic heterocycles. The first-order valence-electron chi connectivity index (χ1n) is 2.93. The lowest BCUT2D eigenvalue weighted by molar-refractivity contribution is -0.139. The van der Waals surface area contributed by atoms with Gasteiger partial charge in [0, 0.05) is 12.1 Å². The zero-order valence-corrected chi connectivity index (χ0v) is 5.29. The normalized spacial score (nSPS) is 24.0. The Labute approximate surface area is 58.1 Å². The molecule has 0 saturated heterocycles. The lowest BCUT2D eigenvalue weighted by Crippen LogP contribution is -2.37. The molecule has 0 saturated carbocycles. The summed E-state index contributed by atoms with van der Waals surface area (Å²) in [6.07, 6.45) is 3.32. The van der Waals surface area contributed by atoms with E-state index in [2.05, 4.69) is 5.32 Å². The molecule has 0 aromatic heterocycles. The van der Waals surface area contributed by atoms with Gasteiger partial charge in [-0.2, -0.15) is 0 Å². The molecule has 1 atom stereocenters. The zero-order chi connectivity index (χ0) is 7.56. The molecule has 0 bridgehead atoms. The summed E-state index contributed by atoms with van der Waals surface area (Å²) in [7, 11) is 0. The van der Waals surface area contributed by atoms with Crippen LogP contribution >= 0.6 is 0 Å². The van der Waals surface area contributed by atoms with Gasteiger partial charge in [-0.1, -0.05) is 0 Å². The summed E-state index contributed by atoms with van der Waals surface area (Å²) in [5.41, 5.74) is 0.353. The van der Waals surface area contributed by atoms with E-state index in [0.29, 0.717) is 5.71 Å². The Balaban J connectivity index is 2.60. The molecule has 0 amide bonds. The van der Waals surface area contributed by atoms with Crippen molar-refractivity contribution < 1.29 is 9.90 Å². The number of carboxylic acid groups (broad SMARTS) is 1. The van der Waals surface area contributed by atoms with Crippen molar-refractivity contribution >= 4 is 11.7 Å². The molecule has 10 heavy (non-hydrogen) atoms. The number of hydrogen-bond acceptors (Lipinski definition) is 3. The van der Waals surface area contributed by atoms with Gasteiger partial charge >= 0.3 is 5.97 Å². The molecule has 1 aliphatic rings. The van der Waals surface area contributed by atoms with Crippen molar-refractivity contribution in [1.29, 1.82) is 5.41 Å². The first-order chi connectivity index (χ1) is 4.70. The van der Waals surface area contributed by atoms with Crippen molar-refractivity contribution in [2.75, 3.05) is 0 Å². The van der Waals surface area contributed by atoms with Gasteiger partial charge in [-0.25, -0.2) is 4.79 Å². The van der Waals surface area contributed by atoms with Crippen LogP contribution in [0.3, 0.4) is 0 Å². The molecule has 0 aromatic rings. The Hall–Kier alpha value is -1.32. The smallest absolute Gasteiger partial charge is 0.326 e. The summed E-state index contributed by atoms with van der Waals surface area (Å²) < 4.78 is 0. The lowest BCUT2D eigenvalue weighted by Gasteiger charge is -2.15. The SMILES string of the molecule is N=C1C=CNC(C(=O)O)C1. The summed E-state index contributed by atoms with van der Waals surface area (Å²) >= 11 is 0. The van der Waals surface area contributed by atoms with Crippen LogP contribution in [0.1, 0.15) is 6.42 Å². The predicted octanol–water partition coefficient (Wildman–Crippen LogP) is -0.0336. The Morgan fingerprint density at radius 3 is 3.00 bits per heavy atom. The number of hydrogen-bond donors (Lipinski definition) is 3. The van der Waals surface area contributed by atoms with Crippen molar-refractivity contribution in [2.24, 2.45) is 0 Å². The summed E-state index contributed by atoms with van der Waals surface area (Å²) in [6.45, 7) is 0. The molecule has 3 N–H and O–H groups in total. The van der Waals surface area contributed by atoms with E-state index in [1.54, 1.807) is 6.08 Å². The Kier molecular flexibility index (Phi) is 1.71. The van der Waals surface area contributed by atoms with E-state index in [-0.39, 0.29) is 6.42 Å². The minimum Gasteiger partial charge on any atom is -0.480 e. The highest BCUT2D eigenvalue weighted by Gasteiger charge is 2.18. The molecular weight excluding hydrogens is 132 g/mol. The van der Waals surface area contributed by atoms with Gasteiger partial charge in [0.2, 0.25) is 0 Å². The molecule has 1 rings (SSSR count). The fraction of sp³-hybridized carbons (Fsp3) is 0.333. The van der Waals surface area contributed by atoms with E-state index in [1.165, 1.54) is 6.20 Å². The Morgan fingerprint density at radius 2 is 2.60 bits per heavy atom. The quantitative estimate of drug-likeness (QED) is 0.478. The Bertz CT molecular complexity index is 198. The monoisotopic (exact) mass is 140 g/mol. The van der Waals surface area contributed by atoms with Crippen LogP contribution in [0, 0.1) is 5.41 Å². The highest BCUT2D eigenvalue weighted by Crippen LogP contribution is 2.00. The molecular formula is C6H8N2O2. The molecule has 1 unspecified atom stereocenters. The third-order valence-corrected chi connectivity index (χ3v) is 1.30. The van der Waals surface area contributed by atoms with Gasteiger partial charge < -0.3 is 15.8 Å². The van der Waals surface area contributed by atoms with Crippen molar-refractivity contribution in [3.63, 3.8) is 0 Å². The maximum atomic E-state index is 10.3. The molecule has 54 valence electrons. The van der Waals surface area contributed by atoms with E-state index >= 15 is 0 Å². The third kappa shape index (κ3) is 1.34. The second kappa shape index (κ2) is 2.51. The van der Waals surface area contributed by atoms with Crippen LogP contribution in [0.25, 0.3) is 0 Å². The summed E-state index contributed by atoms with van der Waals surface area (Å²) in [5.74, 6) is -0.908. The molecule has 4 heteroatoms. The molecule has 0 spiro atoms. The van der Waals surface area contributed by atoms with Crippen LogP contribution in [0.15, 0.2) is 12.3 Å². The molecule has 4 nitrogen and oxygen atoms in total. The van der Waals surface area contributed by atoms with E-state index in [9.17, 15) is 4.79 Å². The fourth-order valence-corrected chi connectivity index (χ4v) is 0.770. The van der Waals surface area contributed by atoms with Crippen molar-refractivity contribution in [3.05, 3.63) is 12.3 Å². The lowest BCUT2D eigenvalue weighted by atomic mass is 10.1. The highest BCUT2D eigenvalue weighted by molar-refractivity contribution is 5.96. The van der Waals surface area contributed by atoms with Gasteiger partial charge in [-0.05, 0) is 12.3 Å². The van der Waals surface area contributed by atoms with Gasteiger partial charge in [-0.3, -0.25) is 0 Å². The number of allylic oxidation sites excluding steroid dienone is 1. The minimum atomic E-state index is -0.908. The Morgan fingerprint density at radius 1 is 1.90 bits per heavy atom. The molecule has 1 heterocycles. The fourth-order valence-electron chi connectivity index (χ4n) is 0.770. The summed E-state index contributed by atoms with van der Waals surface area (Å²) in [4.78, 5) is 10.3. The van der Waals surface area contributed by atoms with E-state index in [4.69, 9.17) is 10.5 Å². The van der Waals surface area contributed by atoms with Crippen LogP contribution in [-0.2, 0) is 4.79 Å². The average Bonchev–Trinajstić information content (AvgIpc) is 1.88. The van der Waals surface area contributed by atoms with E-state index in [1.807, 2.05) is 0 Å². The topological polar surface area (TPSA) is 73.2 Å². The van der Waals surface area contributed by atoms with Gasteiger partial charge in [-0.15, -0.1) is 0 Å². The van der Waals surface area contributed by atoms with Crippen LogP contribution in [0.5, 0.6) is 0 Å². The molecule has 0 fully saturated rings. The molecule has 0 aromatic carbocycles. The van der Waals surface area contributed by atoms with Gasteiger partial charge in [0.15, 0.2) is 0 Å². The zero-order valence-electron chi connectivity index (χ0n) is 5.29. The van der Waals surface area contributed by atoms with Gasteiger partial charge in [0.25, 0.3) is 0 Å². The number of nitrogens with one attached hydrogen (secondary N) is 2. The van der Waals surface area contributed by atoms with Crippen LogP contribution in [0.2, 0.25) is 0 Å². The second-order valence-electron chi connectivity index (χ2n) is 2.12. The third-order valence-electron chi connectivity index (χ3n) is 1.30. The number of carbonyl (C=O) groups is 1. The molecule has 0 radical (unpaired) electrons. The number of rotatable bonds is 1. The largest absolute Gasteiger partial charge is 0.480 e. The van der Waals surface area contributed by atoms with E-state index in [0.717, 1.165) is 0 Å². The maximum absolute atomic E-state index is 10.3. The minimum absolute atomic E-state index is 0.270. The van der Waals surface area contributed by atoms with Crippen LogP contribution in [-0.4, -0.2) is 22.8 Å². The first-order valence-corrected chi connectivity index (χ1v) is 2.93. The average molecular weight is 140 g/mol. The van der Waals surface area contributed by atoms with Crippen molar-refractivity contribution in [2.45, 2.75) is 12.5 Å². The van der Waals surface area contributed by atoms with E-state index < -0.39 is 12.0 Å². The first kappa shape index (κ1) is 6.80. The molecule has 0 aliphatic carbocycles. The van der Waals surface area contributed by atoms with Crippen LogP contribution < -0.4 is 5.32 Å². The number of aliphatic carboxylic acids is 1. The van der Waals surface area contributed by atoms with Crippen molar-refractivity contribution in [3.8, 4) is 0 Å². The summed E-state index contributed by atoms with van der Waals surface area (Å²) in [6, 6.07) is -0.613. The second-order valence-corrected chi connectivity index (χ2v) is 2.12. The van der Waals surface area contributed by atoms with Gasteiger partial charge in [0.1, 0.15) is 6.04 Å². The summed E-state index contributed by atoms with van der Waals surface area (Å²) in [5, 5.41) is 18.2. The number of carboxylic acids is 1. The van der Waals surface area contributed by atoms with Crippen LogP contribution in [0.4, 0.5) is 0 Å².